The van der Waals surface area contributed by atoms with Crippen molar-refractivity contribution in [2.45, 2.75) is 6.92 Å². The smallest absolute Gasteiger partial charge is 0.343 e. The molecule has 0 saturated carbocycles. The van der Waals surface area contributed by atoms with E-state index in [9.17, 15) is 9.59 Å². The molecule has 192 valence electrons. The van der Waals surface area contributed by atoms with E-state index in [1.807, 2.05) is 0 Å². The second kappa shape index (κ2) is 10.5. The fourth-order valence-corrected chi connectivity index (χ4v) is 3.94. The zero-order valence-electron chi connectivity index (χ0n) is 21.3. The second-order valence-corrected chi connectivity index (χ2v) is 7.92. The average molecular weight is 507 g/mol. The van der Waals surface area contributed by atoms with E-state index in [0.717, 1.165) is 0 Å². The van der Waals surface area contributed by atoms with Gasteiger partial charge in [0.25, 0.3) is 0 Å². The molecule has 37 heavy (non-hydrogen) atoms. The van der Waals surface area contributed by atoms with Crippen LogP contribution in [0.4, 0.5) is 0 Å². The third kappa shape index (κ3) is 4.75. The van der Waals surface area contributed by atoms with Crippen LogP contribution in [-0.2, 0) is 0 Å². The van der Waals surface area contributed by atoms with E-state index in [2.05, 4.69) is 0 Å². The monoisotopic (exact) mass is 506 g/mol. The maximum absolute atomic E-state index is 13.1. The van der Waals surface area contributed by atoms with Crippen molar-refractivity contribution in [3.63, 3.8) is 0 Å². The van der Waals surface area contributed by atoms with Crippen molar-refractivity contribution in [1.29, 1.82) is 0 Å². The number of carbonyl (C=O) groups is 2. The van der Waals surface area contributed by atoms with Gasteiger partial charge < -0.3 is 33.2 Å². The molecule has 0 radical (unpaired) electrons. The number of rotatable bonds is 8. The number of carbonyl (C=O) groups excluding carboxylic acids is 2. The molecule has 0 bridgehead atoms. The summed E-state index contributed by atoms with van der Waals surface area (Å²) in [6, 6.07) is 11.3. The van der Waals surface area contributed by atoms with Gasteiger partial charge in [-0.15, -0.1) is 0 Å². The molecule has 0 saturated heterocycles. The molecule has 3 aromatic carbocycles. The Bertz CT molecular complexity index is 1380. The standard InChI is InChI=1S/C28H26O9/c1-15-21(37-28(30)17-11-18(31-2)14-19(12-17)32-3)10-8-20-24(29)23(36-25(15)20)13-16-7-9-22(33-4)27(35-6)26(16)34-5/h7-14H,1-6H3/b23-13-. The van der Waals surface area contributed by atoms with E-state index in [4.69, 9.17) is 33.2 Å². The number of benzene rings is 3. The zero-order valence-corrected chi connectivity index (χ0v) is 21.3. The lowest BCUT2D eigenvalue weighted by molar-refractivity contribution is 0.0732. The molecule has 3 aromatic rings. The summed E-state index contributed by atoms with van der Waals surface area (Å²) in [6.45, 7) is 1.71. The Morgan fingerprint density at radius 2 is 1.43 bits per heavy atom. The van der Waals surface area contributed by atoms with Crippen LogP contribution in [-0.4, -0.2) is 47.3 Å². The molecule has 0 aliphatic carbocycles. The minimum atomic E-state index is -0.615. The largest absolute Gasteiger partial charge is 0.497 e. The predicted octanol–water partition coefficient (Wildman–Crippen LogP) is 4.87. The molecular formula is C28H26O9. The topological polar surface area (TPSA) is 98.8 Å². The predicted molar refractivity (Wildman–Crippen MR) is 135 cm³/mol. The number of hydrogen-bond donors (Lipinski definition) is 0. The van der Waals surface area contributed by atoms with Gasteiger partial charge in [-0.25, -0.2) is 4.79 Å². The van der Waals surface area contributed by atoms with Crippen molar-refractivity contribution >= 4 is 17.8 Å². The van der Waals surface area contributed by atoms with Crippen LogP contribution < -0.4 is 33.2 Å². The number of hydrogen-bond acceptors (Lipinski definition) is 9. The second-order valence-electron chi connectivity index (χ2n) is 7.92. The van der Waals surface area contributed by atoms with Gasteiger partial charge in [-0.2, -0.15) is 0 Å². The highest BCUT2D eigenvalue weighted by Gasteiger charge is 2.31. The number of Topliss-reactive ketones (excluding diaryl/α,β-unsaturated/α-hetero) is 1. The first-order valence-electron chi connectivity index (χ1n) is 11.2. The third-order valence-electron chi connectivity index (χ3n) is 5.85. The summed E-state index contributed by atoms with van der Waals surface area (Å²) in [5, 5.41) is 0. The van der Waals surface area contributed by atoms with Gasteiger partial charge in [-0.05, 0) is 49.4 Å². The van der Waals surface area contributed by atoms with Crippen LogP contribution in [0.1, 0.15) is 31.8 Å². The molecule has 4 rings (SSSR count). The fraction of sp³-hybridized carbons (Fsp3) is 0.214. The summed E-state index contributed by atoms with van der Waals surface area (Å²) in [5.41, 5.74) is 1.66. The number of ether oxygens (including phenoxy) is 7. The van der Waals surface area contributed by atoms with Crippen LogP contribution in [0.25, 0.3) is 6.08 Å². The Morgan fingerprint density at radius 1 is 0.784 bits per heavy atom. The lowest BCUT2D eigenvalue weighted by Gasteiger charge is -2.14. The number of ketones is 1. The molecule has 1 heterocycles. The molecule has 1 aliphatic heterocycles. The first kappa shape index (κ1) is 25.4. The van der Waals surface area contributed by atoms with Gasteiger partial charge in [0.15, 0.2) is 17.3 Å². The molecular weight excluding hydrogens is 480 g/mol. The maximum Gasteiger partial charge on any atom is 0.343 e. The van der Waals surface area contributed by atoms with Crippen LogP contribution >= 0.6 is 0 Å². The van der Waals surface area contributed by atoms with Gasteiger partial charge in [0.2, 0.25) is 11.5 Å². The third-order valence-corrected chi connectivity index (χ3v) is 5.85. The van der Waals surface area contributed by atoms with Gasteiger partial charge in [0.05, 0.1) is 46.7 Å². The molecule has 1 aliphatic rings. The van der Waals surface area contributed by atoms with Crippen LogP contribution in [0, 0.1) is 6.92 Å². The Kier molecular flexibility index (Phi) is 7.24. The molecule has 0 N–H and O–H groups in total. The van der Waals surface area contributed by atoms with Crippen molar-refractivity contribution in [2.24, 2.45) is 0 Å². The van der Waals surface area contributed by atoms with Crippen LogP contribution in [0.2, 0.25) is 0 Å². The van der Waals surface area contributed by atoms with Crippen molar-refractivity contribution in [1.82, 2.24) is 0 Å². The Hall–Kier alpha value is -4.66. The first-order chi connectivity index (χ1) is 17.8. The molecule has 0 atom stereocenters. The van der Waals surface area contributed by atoms with Gasteiger partial charge in [0.1, 0.15) is 23.0 Å². The lowest BCUT2D eigenvalue weighted by atomic mass is 10.1. The number of esters is 1. The van der Waals surface area contributed by atoms with E-state index in [1.54, 1.807) is 55.5 Å². The lowest BCUT2D eigenvalue weighted by Crippen LogP contribution is -2.10. The molecule has 9 heteroatoms. The van der Waals surface area contributed by atoms with E-state index in [0.29, 0.717) is 51.2 Å². The van der Waals surface area contributed by atoms with Crippen molar-refractivity contribution < 1.29 is 42.7 Å². The molecule has 0 amide bonds. The van der Waals surface area contributed by atoms with E-state index >= 15 is 0 Å². The Morgan fingerprint density at radius 3 is 2.03 bits per heavy atom. The SMILES string of the molecule is COc1cc(OC)cc(C(=O)Oc2ccc3c(c2C)O/C(=C\c2ccc(OC)c(OC)c2OC)C3=O)c1. The van der Waals surface area contributed by atoms with E-state index in [1.165, 1.54) is 35.5 Å². The Labute approximate surface area is 214 Å². The summed E-state index contributed by atoms with van der Waals surface area (Å²) < 4.78 is 38.2. The van der Waals surface area contributed by atoms with Gasteiger partial charge in [-0.3, -0.25) is 4.79 Å². The van der Waals surface area contributed by atoms with E-state index in [-0.39, 0.29) is 22.9 Å². The normalized spacial score (nSPS) is 13.0. The summed E-state index contributed by atoms with van der Waals surface area (Å²) >= 11 is 0. The summed E-state index contributed by atoms with van der Waals surface area (Å²) in [5.74, 6) is 1.89. The minimum absolute atomic E-state index is 0.0876. The highest BCUT2D eigenvalue weighted by atomic mass is 16.5. The highest BCUT2D eigenvalue weighted by molar-refractivity contribution is 6.15. The summed E-state index contributed by atoms with van der Waals surface area (Å²) in [4.78, 5) is 26.0. The number of fused-ring (bicyclic) bond motifs is 1. The molecule has 9 nitrogen and oxygen atoms in total. The average Bonchev–Trinajstić information content (AvgIpc) is 3.24. The Balaban J connectivity index is 1.64. The maximum atomic E-state index is 13.1. The van der Waals surface area contributed by atoms with Crippen LogP contribution in [0.3, 0.4) is 0 Å². The fourth-order valence-electron chi connectivity index (χ4n) is 3.94. The zero-order chi connectivity index (χ0) is 26.7. The van der Waals surface area contributed by atoms with Crippen LogP contribution in [0.5, 0.6) is 40.2 Å². The van der Waals surface area contributed by atoms with Crippen molar-refractivity contribution in [2.75, 3.05) is 35.5 Å². The quantitative estimate of drug-likeness (QED) is 0.241. The first-order valence-corrected chi connectivity index (χ1v) is 11.2. The van der Waals surface area contributed by atoms with E-state index < -0.39 is 5.97 Å². The van der Waals surface area contributed by atoms with Gasteiger partial charge in [0, 0.05) is 17.2 Å². The number of methoxy groups -OCH3 is 5. The molecule has 0 fully saturated rings. The molecule has 0 unspecified atom stereocenters. The highest BCUT2D eigenvalue weighted by Crippen LogP contribution is 2.43. The minimum Gasteiger partial charge on any atom is -0.497 e. The number of allylic oxidation sites excluding steroid dienone is 1. The summed E-state index contributed by atoms with van der Waals surface area (Å²) in [6.07, 6.45) is 1.57. The van der Waals surface area contributed by atoms with Crippen LogP contribution in [0.15, 0.2) is 48.2 Å². The molecule has 0 spiro atoms. The summed E-state index contributed by atoms with van der Waals surface area (Å²) in [7, 11) is 7.50. The van der Waals surface area contributed by atoms with Crippen molar-refractivity contribution in [3.8, 4) is 40.2 Å². The van der Waals surface area contributed by atoms with Crippen molar-refractivity contribution in [3.05, 3.63) is 70.5 Å². The van der Waals surface area contributed by atoms with Gasteiger partial charge in [-0.1, -0.05) is 0 Å². The van der Waals surface area contributed by atoms with Gasteiger partial charge >= 0.3 is 5.97 Å². The molecule has 0 aromatic heterocycles.